The van der Waals surface area contributed by atoms with Crippen molar-refractivity contribution in [3.8, 4) is 0 Å². The number of hydrogen-bond acceptors (Lipinski definition) is 2. The van der Waals surface area contributed by atoms with Crippen LogP contribution >= 0.6 is 0 Å². The Balaban J connectivity index is 3.56. The molecule has 2 atom stereocenters. The fraction of sp³-hybridized carbons (Fsp3) is 1.00. The molecule has 0 rings (SSSR count). The number of hydrogen-bond donors (Lipinski definition) is 1. The molecule has 98 valence electrons. The molecule has 0 saturated heterocycles. The first kappa shape index (κ1) is 16.1. The normalized spacial score (nSPS) is 16.1. The summed E-state index contributed by atoms with van der Waals surface area (Å²) in [6, 6.07) is 0. The molecule has 0 fully saturated rings. The first-order chi connectivity index (χ1) is 7.41. The van der Waals surface area contributed by atoms with Gasteiger partial charge < -0.3 is 5.73 Å². The highest BCUT2D eigenvalue weighted by atomic mass is 32.2. The second kappa shape index (κ2) is 8.24. The highest BCUT2D eigenvalue weighted by Gasteiger charge is 2.14. The standard InChI is InChI=1S/C13H29NOS/c1-5-12(2)10-16(15)9-7-6-8-13(3,4)11-14/h12H,5-11,14H2,1-4H3. The average molecular weight is 247 g/mol. The van der Waals surface area contributed by atoms with Gasteiger partial charge in [0.2, 0.25) is 0 Å². The molecular formula is C13H29NOS. The van der Waals surface area contributed by atoms with E-state index in [4.69, 9.17) is 5.73 Å². The van der Waals surface area contributed by atoms with Crippen LogP contribution in [-0.4, -0.2) is 22.3 Å². The lowest BCUT2D eigenvalue weighted by molar-refractivity contribution is 0.336. The molecular weight excluding hydrogens is 218 g/mol. The van der Waals surface area contributed by atoms with Crippen molar-refractivity contribution in [2.75, 3.05) is 18.1 Å². The molecule has 0 bridgehead atoms. The van der Waals surface area contributed by atoms with Gasteiger partial charge in [-0.3, -0.25) is 4.21 Å². The van der Waals surface area contributed by atoms with Gasteiger partial charge in [-0.15, -0.1) is 0 Å². The molecule has 0 saturated carbocycles. The molecule has 0 amide bonds. The Morgan fingerprint density at radius 2 is 1.94 bits per heavy atom. The molecule has 2 N–H and O–H groups in total. The molecule has 0 heterocycles. The fourth-order valence-electron chi connectivity index (χ4n) is 1.49. The monoisotopic (exact) mass is 247 g/mol. The topological polar surface area (TPSA) is 43.1 Å². The Kier molecular flexibility index (Phi) is 8.29. The maximum atomic E-state index is 11.7. The molecule has 0 spiro atoms. The molecule has 0 aromatic heterocycles. The van der Waals surface area contributed by atoms with Crippen molar-refractivity contribution >= 4 is 10.8 Å². The molecule has 2 nitrogen and oxygen atoms in total. The third-order valence-corrected chi connectivity index (χ3v) is 4.88. The molecule has 16 heavy (non-hydrogen) atoms. The summed E-state index contributed by atoms with van der Waals surface area (Å²) in [5.41, 5.74) is 5.92. The number of unbranched alkanes of at least 4 members (excludes halogenated alkanes) is 1. The van der Waals surface area contributed by atoms with Crippen LogP contribution in [0.3, 0.4) is 0 Å². The summed E-state index contributed by atoms with van der Waals surface area (Å²) in [4.78, 5) is 0. The largest absolute Gasteiger partial charge is 0.330 e. The quantitative estimate of drug-likeness (QED) is 0.637. The van der Waals surface area contributed by atoms with E-state index in [0.29, 0.717) is 5.92 Å². The fourth-order valence-corrected chi connectivity index (χ4v) is 3.05. The van der Waals surface area contributed by atoms with E-state index in [1.54, 1.807) is 0 Å². The summed E-state index contributed by atoms with van der Waals surface area (Å²) in [5, 5.41) is 0. The molecule has 0 aliphatic heterocycles. The molecule has 2 unspecified atom stereocenters. The van der Waals surface area contributed by atoms with Crippen LogP contribution in [0.1, 0.15) is 53.4 Å². The molecule has 0 aliphatic carbocycles. The highest BCUT2D eigenvalue weighted by Crippen LogP contribution is 2.21. The lowest BCUT2D eigenvalue weighted by atomic mass is 9.88. The second-order valence-electron chi connectivity index (χ2n) is 5.65. The van der Waals surface area contributed by atoms with Crippen LogP contribution in [0, 0.1) is 11.3 Å². The highest BCUT2D eigenvalue weighted by molar-refractivity contribution is 7.84. The molecule has 0 aromatic carbocycles. The van der Waals surface area contributed by atoms with Gasteiger partial charge in [-0.25, -0.2) is 0 Å². The van der Waals surface area contributed by atoms with Gasteiger partial charge in [-0.1, -0.05) is 40.5 Å². The molecule has 0 aromatic rings. The Labute approximate surface area is 104 Å². The van der Waals surface area contributed by atoms with E-state index in [2.05, 4.69) is 27.7 Å². The molecule has 3 heteroatoms. The SMILES string of the molecule is CCC(C)CS(=O)CCCCC(C)(C)CN. The summed E-state index contributed by atoms with van der Waals surface area (Å²) >= 11 is 0. The Morgan fingerprint density at radius 3 is 2.44 bits per heavy atom. The van der Waals surface area contributed by atoms with Crippen LogP contribution in [0.5, 0.6) is 0 Å². The molecule has 0 radical (unpaired) electrons. The van der Waals surface area contributed by atoms with Gasteiger partial charge in [0.05, 0.1) is 0 Å². The van der Waals surface area contributed by atoms with Gasteiger partial charge in [-0.2, -0.15) is 0 Å². The summed E-state index contributed by atoms with van der Waals surface area (Å²) in [5.74, 6) is 2.34. The second-order valence-corrected chi connectivity index (χ2v) is 7.27. The summed E-state index contributed by atoms with van der Waals surface area (Å²) in [6.45, 7) is 9.47. The zero-order valence-electron chi connectivity index (χ0n) is 11.4. The summed E-state index contributed by atoms with van der Waals surface area (Å²) in [6.07, 6.45) is 4.50. The molecule has 0 aliphatic rings. The Hall–Kier alpha value is 0.110. The van der Waals surface area contributed by atoms with Crippen LogP contribution in [0.2, 0.25) is 0 Å². The van der Waals surface area contributed by atoms with Crippen LogP contribution in [-0.2, 0) is 10.8 Å². The van der Waals surface area contributed by atoms with Crippen LogP contribution in [0.25, 0.3) is 0 Å². The number of rotatable bonds is 9. The lowest BCUT2D eigenvalue weighted by Crippen LogP contribution is -2.23. The van der Waals surface area contributed by atoms with E-state index in [-0.39, 0.29) is 5.41 Å². The lowest BCUT2D eigenvalue weighted by Gasteiger charge is -2.21. The minimum atomic E-state index is -0.611. The van der Waals surface area contributed by atoms with Gasteiger partial charge in [-0.05, 0) is 30.7 Å². The third kappa shape index (κ3) is 8.28. The van der Waals surface area contributed by atoms with Gasteiger partial charge in [0, 0.05) is 22.3 Å². The minimum Gasteiger partial charge on any atom is -0.330 e. The Bertz CT molecular complexity index is 204. The van der Waals surface area contributed by atoms with Crippen LogP contribution in [0.15, 0.2) is 0 Å². The predicted octanol–water partition coefficient (Wildman–Crippen LogP) is 2.94. The van der Waals surface area contributed by atoms with E-state index in [0.717, 1.165) is 43.7 Å². The Morgan fingerprint density at radius 1 is 1.31 bits per heavy atom. The zero-order chi connectivity index (χ0) is 12.6. The van der Waals surface area contributed by atoms with Crippen molar-refractivity contribution in [2.45, 2.75) is 53.4 Å². The van der Waals surface area contributed by atoms with Crippen molar-refractivity contribution < 1.29 is 4.21 Å². The zero-order valence-corrected chi connectivity index (χ0v) is 12.2. The maximum absolute atomic E-state index is 11.7. The maximum Gasteiger partial charge on any atom is 0.0260 e. The van der Waals surface area contributed by atoms with E-state index in [9.17, 15) is 4.21 Å². The van der Waals surface area contributed by atoms with E-state index in [1.165, 1.54) is 0 Å². The van der Waals surface area contributed by atoms with Gasteiger partial charge in [0.25, 0.3) is 0 Å². The first-order valence-electron chi connectivity index (χ1n) is 6.46. The predicted molar refractivity (Wildman–Crippen MR) is 74.0 cm³/mol. The van der Waals surface area contributed by atoms with Crippen molar-refractivity contribution in [3.05, 3.63) is 0 Å². The number of nitrogens with two attached hydrogens (primary N) is 1. The van der Waals surface area contributed by atoms with Crippen LogP contribution < -0.4 is 5.73 Å². The minimum absolute atomic E-state index is 0.248. The summed E-state index contributed by atoms with van der Waals surface area (Å²) < 4.78 is 11.7. The van der Waals surface area contributed by atoms with E-state index in [1.807, 2.05) is 0 Å². The van der Waals surface area contributed by atoms with Crippen molar-refractivity contribution in [1.29, 1.82) is 0 Å². The van der Waals surface area contributed by atoms with Crippen molar-refractivity contribution in [1.82, 2.24) is 0 Å². The van der Waals surface area contributed by atoms with Gasteiger partial charge >= 0.3 is 0 Å². The van der Waals surface area contributed by atoms with Crippen LogP contribution in [0.4, 0.5) is 0 Å². The smallest absolute Gasteiger partial charge is 0.0260 e. The van der Waals surface area contributed by atoms with Gasteiger partial charge in [0.15, 0.2) is 0 Å². The summed E-state index contributed by atoms with van der Waals surface area (Å²) in [7, 11) is -0.611. The first-order valence-corrected chi connectivity index (χ1v) is 7.95. The van der Waals surface area contributed by atoms with E-state index < -0.39 is 10.8 Å². The van der Waals surface area contributed by atoms with Crippen molar-refractivity contribution in [3.63, 3.8) is 0 Å². The van der Waals surface area contributed by atoms with E-state index >= 15 is 0 Å². The van der Waals surface area contributed by atoms with Gasteiger partial charge in [0.1, 0.15) is 0 Å². The third-order valence-electron chi connectivity index (χ3n) is 3.20. The average Bonchev–Trinajstić information content (AvgIpc) is 2.24. The van der Waals surface area contributed by atoms with Crippen molar-refractivity contribution in [2.24, 2.45) is 17.1 Å².